The lowest BCUT2D eigenvalue weighted by molar-refractivity contribution is 0.475. The predicted molar refractivity (Wildman–Crippen MR) is 58.7 cm³/mol. The van der Waals surface area contributed by atoms with Gasteiger partial charge in [0.2, 0.25) is 0 Å². The molecule has 0 aliphatic rings. The fraction of sp³-hybridized carbons (Fsp3) is 0.333. The average molecular weight is 189 g/mol. The van der Waals surface area contributed by atoms with Crippen molar-refractivity contribution in [2.24, 2.45) is 7.05 Å². The third-order valence-corrected chi connectivity index (χ3v) is 2.64. The molecule has 2 aromatic rings. The molecule has 0 atom stereocenters. The van der Waals surface area contributed by atoms with Gasteiger partial charge in [-0.2, -0.15) is 0 Å². The molecule has 0 saturated carbocycles. The molecule has 1 aromatic heterocycles. The summed E-state index contributed by atoms with van der Waals surface area (Å²) in [6.45, 7) is 4.28. The first-order chi connectivity index (χ1) is 6.59. The maximum Gasteiger partial charge on any atom is 0.117 e. The normalized spacial score (nSPS) is 11.4. The number of hydrogen-bond acceptors (Lipinski definition) is 1. The molecule has 0 spiro atoms. The molecule has 1 aromatic carbocycles. The number of phenols is 1. The molecular weight excluding hydrogens is 174 g/mol. The van der Waals surface area contributed by atoms with Crippen molar-refractivity contribution < 1.29 is 5.11 Å². The van der Waals surface area contributed by atoms with E-state index in [1.165, 1.54) is 10.9 Å². The molecule has 0 amide bonds. The van der Waals surface area contributed by atoms with Crippen LogP contribution in [0.5, 0.6) is 5.75 Å². The quantitative estimate of drug-likeness (QED) is 0.733. The second-order valence-electron chi connectivity index (χ2n) is 4.05. The summed E-state index contributed by atoms with van der Waals surface area (Å²) in [5, 5.41) is 10.8. The van der Waals surface area contributed by atoms with Gasteiger partial charge in [0.25, 0.3) is 0 Å². The van der Waals surface area contributed by atoms with Gasteiger partial charge in [-0.05, 0) is 23.6 Å². The van der Waals surface area contributed by atoms with Crippen LogP contribution < -0.4 is 0 Å². The second kappa shape index (κ2) is 3.05. The lowest BCUT2D eigenvalue weighted by Gasteiger charge is -2.08. The van der Waals surface area contributed by atoms with Crippen molar-refractivity contribution in [3.05, 3.63) is 30.0 Å². The van der Waals surface area contributed by atoms with Gasteiger partial charge in [0.15, 0.2) is 0 Å². The van der Waals surface area contributed by atoms with Gasteiger partial charge in [0.1, 0.15) is 5.75 Å². The molecule has 1 N–H and O–H groups in total. The summed E-state index contributed by atoms with van der Waals surface area (Å²) in [7, 11) is 1.99. The number of phenolic OH excluding ortho intramolecular Hbond substituents is 1. The summed E-state index contributed by atoms with van der Waals surface area (Å²) in [5.74, 6) is 0.787. The van der Waals surface area contributed by atoms with Crippen LogP contribution in [-0.2, 0) is 7.05 Å². The number of rotatable bonds is 1. The van der Waals surface area contributed by atoms with Gasteiger partial charge in [0, 0.05) is 24.7 Å². The lowest BCUT2D eigenvalue weighted by Crippen LogP contribution is -1.90. The lowest BCUT2D eigenvalue weighted by atomic mass is 9.99. The van der Waals surface area contributed by atoms with Crippen molar-refractivity contribution in [1.82, 2.24) is 4.57 Å². The molecule has 2 rings (SSSR count). The van der Waals surface area contributed by atoms with Crippen molar-refractivity contribution in [3.8, 4) is 5.75 Å². The van der Waals surface area contributed by atoms with Crippen molar-refractivity contribution in [2.45, 2.75) is 19.8 Å². The zero-order chi connectivity index (χ0) is 10.3. The van der Waals surface area contributed by atoms with Crippen molar-refractivity contribution in [3.63, 3.8) is 0 Å². The molecule has 0 aliphatic heterocycles. The fourth-order valence-corrected chi connectivity index (χ4v) is 1.86. The highest BCUT2D eigenvalue weighted by atomic mass is 16.3. The Morgan fingerprint density at radius 1 is 1.29 bits per heavy atom. The minimum Gasteiger partial charge on any atom is -0.508 e. The Labute approximate surface area is 83.8 Å². The third-order valence-electron chi connectivity index (χ3n) is 2.64. The van der Waals surface area contributed by atoms with E-state index in [1.54, 1.807) is 6.07 Å². The van der Waals surface area contributed by atoms with Crippen LogP contribution in [0.15, 0.2) is 24.4 Å². The van der Waals surface area contributed by atoms with Crippen molar-refractivity contribution >= 4 is 10.9 Å². The van der Waals surface area contributed by atoms with Gasteiger partial charge in [-0.1, -0.05) is 13.8 Å². The summed E-state index contributed by atoms with van der Waals surface area (Å²) in [6.07, 6.45) is 2.02. The zero-order valence-electron chi connectivity index (χ0n) is 8.78. The Morgan fingerprint density at radius 2 is 2.00 bits per heavy atom. The van der Waals surface area contributed by atoms with E-state index in [1.807, 2.05) is 23.9 Å². The van der Waals surface area contributed by atoms with Crippen LogP contribution in [0.2, 0.25) is 0 Å². The van der Waals surface area contributed by atoms with E-state index in [0.717, 1.165) is 5.52 Å². The van der Waals surface area contributed by atoms with Gasteiger partial charge in [-0.15, -0.1) is 0 Å². The smallest absolute Gasteiger partial charge is 0.117 e. The van der Waals surface area contributed by atoms with Gasteiger partial charge in [0.05, 0.1) is 5.52 Å². The van der Waals surface area contributed by atoms with E-state index in [9.17, 15) is 5.11 Å². The highest BCUT2D eigenvalue weighted by molar-refractivity contribution is 5.85. The number of aromatic hydroxyl groups is 1. The zero-order valence-corrected chi connectivity index (χ0v) is 8.78. The number of aryl methyl sites for hydroxylation is 1. The molecule has 2 nitrogen and oxygen atoms in total. The number of hydrogen-bond donors (Lipinski definition) is 1. The van der Waals surface area contributed by atoms with Gasteiger partial charge in [-0.25, -0.2) is 0 Å². The van der Waals surface area contributed by atoms with E-state index in [4.69, 9.17) is 0 Å². The number of benzene rings is 1. The first-order valence-electron chi connectivity index (χ1n) is 4.87. The molecular formula is C12H15NO. The van der Waals surface area contributed by atoms with Crippen molar-refractivity contribution in [2.75, 3.05) is 0 Å². The maximum absolute atomic E-state index is 9.59. The van der Waals surface area contributed by atoms with E-state index in [2.05, 4.69) is 19.9 Å². The van der Waals surface area contributed by atoms with E-state index in [0.29, 0.717) is 11.7 Å². The van der Waals surface area contributed by atoms with Gasteiger partial charge in [-0.3, -0.25) is 0 Å². The number of nitrogens with zero attached hydrogens (tertiary/aromatic N) is 1. The molecule has 1 heterocycles. The van der Waals surface area contributed by atoms with Crippen LogP contribution in [0.1, 0.15) is 25.3 Å². The first-order valence-corrected chi connectivity index (χ1v) is 4.87. The van der Waals surface area contributed by atoms with Crippen LogP contribution in [-0.4, -0.2) is 9.67 Å². The minimum atomic E-state index is 0.350. The molecule has 14 heavy (non-hydrogen) atoms. The van der Waals surface area contributed by atoms with Gasteiger partial charge >= 0.3 is 0 Å². The number of aromatic nitrogens is 1. The monoisotopic (exact) mass is 189 g/mol. The molecule has 2 heteroatoms. The second-order valence-corrected chi connectivity index (χ2v) is 4.05. The summed E-state index contributed by atoms with van der Waals surface area (Å²) in [5.41, 5.74) is 2.30. The van der Waals surface area contributed by atoms with Crippen LogP contribution in [0.4, 0.5) is 0 Å². The molecule has 0 aliphatic carbocycles. The molecule has 0 radical (unpaired) electrons. The Kier molecular flexibility index (Phi) is 1.99. The van der Waals surface area contributed by atoms with E-state index in [-0.39, 0.29) is 0 Å². The highest BCUT2D eigenvalue weighted by Gasteiger charge is 2.09. The van der Waals surface area contributed by atoms with Crippen LogP contribution in [0, 0.1) is 0 Å². The molecule has 0 fully saturated rings. The van der Waals surface area contributed by atoms with Crippen molar-refractivity contribution in [1.29, 1.82) is 0 Å². The highest BCUT2D eigenvalue weighted by Crippen LogP contribution is 2.30. The number of fused-ring (bicyclic) bond motifs is 1. The van der Waals surface area contributed by atoms with Crippen LogP contribution in [0.25, 0.3) is 10.9 Å². The molecule has 74 valence electrons. The molecule has 0 bridgehead atoms. The maximum atomic E-state index is 9.59. The Bertz CT molecular complexity index is 468. The minimum absolute atomic E-state index is 0.350. The third kappa shape index (κ3) is 1.27. The fourth-order valence-electron chi connectivity index (χ4n) is 1.86. The summed E-state index contributed by atoms with van der Waals surface area (Å²) >= 11 is 0. The SMILES string of the molecule is CC(C)c1cc(O)cc2c1ccn2C. The predicted octanol–water partition coefficient (Wildman–Crippen LogP) is 3.01. The summed E-state index contributed by atoms with van der Waals surface area (Å²) in [4.78, 5) is 0. The van der Waals surface area contributed by atoms with Gasteiger partial charge < -0.3 is 9.67 Å². The van der Waals surface area contributed by atoms with Crippen LogP contribution >= 0.6 is 0 Å². The Morgan fingerprint density at radius 3 is 2.64 bits per heavy atom. The Balaban J connectivity index is 2.82. The Hall–Kier alpha value is -1.44. The van der Waals surface area contributed by atoms with E-state index >= 15 is 0 Å². The summed E-state index contributed by atoms with van der Waals surface area (Å²) < 4.78 is 2.03. The first kappa shape index (κ1) is 9.13. The molecule has 0 saturated heterocycles. The summed E-state index contributed by atoms with van der Waals surface area (Å²) in [6, 6.07) is 5.76. The average Bonchev–Trinajstić information content (AvgIpc) is 2.47. The van der Waals surface area contributed by atoms with Crippen LogP contribution in [0.3, 0.4) is 0 Å². The molecule has 0 unspecified atom stereocenters. The standard InChI is InChI=1S/C12H15NO/c1-8(2)11-6-9(14)7-12-10(11)4-5-13(12)3/h4-8,14H,1-3H3. The van der Waals surface area contributed by atoms with E-state index < -0.39 is 0 Å². The largest absolute Gasteiger partial charge is 0.508 e. The topological polar surface area (TPSA) is 25.2 Å².